The highest BCUT2D eigenvalue weighted by atomic mass is 32.2. The van der Waals surface area contributed by atoms with Crippen molar-refractivity contribution in [2.75, 3.05) is 56.1 Å². The van der Waals surface area contributed by atoms with Crippen molar-refractivity contribution in [3.05, 3.63) is 77.6 Å². The number of aliphatic hydroxyl groups is 1. The highest BCUT2D eigenvalue weighted by Crippen LogP contribution is 2.42. The summed E-state index contributed by atoms with van der Waals surface area (Å²) in [6.07, 6.45) is 13.0. The molecule has 1 aliphatic carbocycles. The number of imide groups is 1. The Kier molecular flexibility index (Phi) is 15.1. The minimum Gasteiger partial charge on any atom is -0.453 e. The van der Waals surface area contributed by atoms with Gasteiger partial charge in [-0.15, -0.1) is 0 Å². The number of benzene rings is 3. The number of piperidine rings is 1. The molecule has 1 saturated carbocycles. The first-order chi connectivity index (χ1) is 30.6. The van der Waals surface area contributed by atoms with E-state index in [1.807, 2.05) is 26.1 Å². The highest BCUT2D eigenvalue weighted by molar-refractivity contribution is 7.98. The molecule has 5 aromatic rings. The van der Waals surface area contributed by atoms with E-state index in [0.717, 1.165) is 69.3 Å². The van der Waals surface area contributed by atoms with Crippen molar-refractivity contribution in [3.63, 3.8) is 0 Å². The van der Waals surface area contributed by atoms with E-state index < -0.39 is 11.8 Å². The molecule has 0 atom stereocenters. The van der Waals surface area contributed by atoms with Crippen LogP contribution in [-0.4, -0.2) is 105 Å². The molecule has 0 unspecified atom stereocenters. The van der Waals surface area contributed by atoms with Crippen molar-refractivity contribution in [3.8, 4) is 17.6 Å². The fourth-order valence-corrected chi connectivity index (χ4v) is 9.53. The van der Waals surface area contributed by atoms with Crippen LogP contribution in [0.3, 0.4) is 0 Å². The Labute approximate surface area is 370 Å². The maximum absolute atomic E-state index is 15.5. The van der Waals surface area contributed by atoms with Crippen LogP contribution in [0.1, 0.15) is 81.8 Å². The predicted octanol–water partition coefficient (Wildman–Crippen LogP) is 7.80. The van der Waals surface area contributed by atoms with Gasteiger partial charge in [-0.2, -0.15) is 10.4 Å². The molecular formula is C45H54F2N10O5S. The second kappa shape index (κ2) is 20.8. The summed E-state index contributed by atoms with van der Waals surface area (Å²) < 4.78 is 48.0. The number of aryl methyl sites for hydroxylation is 1. The van der Waals surface area contributed by atoms with Crippen molar-refractivity contribution in [1.29, 1.82) is 5.26 Å². The van der Waals surface area contributed by atoms with Crippen LogP contribution in [0, 0.1) is 23.0 Å². The zero-order valence-corrected chi connectivity index (χ0v) is 36.7. The van der Waals surface area contributed by atoms with Crippen molar-refractivity contribution in [2.24, 2.45) is 7.05 Å². The van der Waals surface area contributed by atoms with Crippen molar-refractivity contribution >= 4 is 58.0 Å². The normalized spacial score (nSPS) is 18.5. The molecule has 15 nitrogen and oxygen atoms in total. The molecule has 3 fully saturated rings. The number of halogens is 2. The first-order valence-electron chi connectivity index (χ1n) is 21.5. The van der Waals surface area contributed by atoms with Crippen LogP contribution in [0.5, 0.6) is 11.5 Å². The number of fused-ring (bicyclic) bond motifs is 2. The molecular weight excluding hydrogens is 831 g/mol. The minimum absolute atomic E-state index is 0.00107. The predicted molar refractivity (Wildman–Crippen MR) is 238 cm³/mol. The van der Waals surface area contributed by atoms with Crippen LogP contribution in [0.15, 0.2) is 54.9 Å². The van der Waals surface area contributed by atoms with Gasteiger partial charge in [0, 0.05) is 81.9 Å². The number of carbonyl (C=O) groups excluding carboxylic acids is 2. The summed E-state index contributed by atoms with van der Waals surface area (Å²) in [4.78, 5) is 35.7. The third-order valence-electron chi connectivity index (χ3n) is 12.2. The molecule has 63 heavy (non-hydrogen) atoms. The molecule has 0 radical (unpaired) electrons. The molecule has 18 heteroatoms. The number of rotatable bonds is 13. The fraction of sp³-hybridized carbons (Fsp3) is 0.467. The molecule has 3 amide bonds. The Bertz CT molecular complexity index is 2430. The molecule has 1 spiro atoms. The van der Waals surface area contributed by atoms with Gasteiger partial charge < -0.3 is 24.2 Å². The molecule has 3 N–H and O–H groups in total. The van der Waals surface area contributed by atoms with Crippen LogP contribution in [0.4, 0.5) is 25.1 Å². The fourth-order valence-electron chi connectivity index (χ4n) is 8.93. The van der Waals surface area contributed by atoms with Gasteiger partial charge in [-0.25, -0.2) is 17.9 Å². The van der Waals surface area contributed by atoms with Crippen LogP contribution in [0.25, 0.3) is 21.9 Å². The first kappa shape index (κ1) is 45.6. The van der Waals surface area contributed by atoms with E-state index in [9.17, 15) is 19.2 Å². The average Bonchev–Trinajstić information content (AvgIpc) is 3.88. The maximum atomic E-state index is 15.5. The van der Waals surface area contributed by atoms with Gasteiger partial charge in [0.05, 0.1) is 34.4 Å². The number of likely N-dealkylation sites (tertiary alicyclic amines) is 1. The number of nitriles is 1. The number of anilines is 2. The van der Waals surface area contributed by atoms with E-state index in [0.29, 0.717) is 65.6 Å². The van der Waals surface area contributed by atoms with E-state index >= 15 is 4.39 Å². The van der Waals surface area contributed by atoms with Gasteiger partial charge in [0.2, 0.25) is 6.41 Å². The molecule has 0 bridgehead atoms. The number of nitrogens with zero attached hydrogens (tertiary/aromatic N) is 8. The zero-order valence-electron chi connectivity index (χ0n) is 35.9. The van der Waals surface area contributed by atoms with E-state index in [4.69, 9.17) is 14.6 Å². The van der Waals surface area contributed by atoms with Crippen LogP contribution >= 0.6 is 12.1 Å². The lowest BCUT2D eigenvalue weighted by molar-refractivity contribution is -0.108. The number of nitrogens with one attached hydrogen (secondary N) is 2. The largest absolute Gasteiger partial charge is 0.453 e. The molecule has 2 saturated heterocycles. The number of carbonyl (C=O) groups is 2. The lowest BCUT2D eigenvalue weighted by Crippen LogP contribution is -2.48. The summed E-state index contributed by atoms with van der Waals surface area (Å²) >= 11 is 1.18. The lowest BCUT2D eigenvalue weighted by Gasteiger charge is -2.44. The van der Waals surface area contributed by atoms with Gasteiger partial charge in [-0.05, 0) is 113 Å². The second-order valence-electron chi connectivity index (χ2n) is 16.2. The molecule has 4 heterocycles. The Morgan fingerprint density at radius 2 is 1.83 bits per heavy atom. The topological polar surface area (TPSA) is 174 Å². The quantitative estimate of drug-likeness (QED) is 0.0773. The number of aromatic nitrogens is 4. The Morgan fingerprint density at radius 1 is 1.06 bits per heavy atom. The summed E-state index contributed by atoms with van der Waals surface area (Å²) in [5, 5.41) is 25.7. The number of aliphatic hydroxyl groups excluding tert-OH is 1. The van der Waals surface area contributed by atoms with E-state index in [2.05, 4.69) is 30.0 Å². The van der Waals surface area contributed by atoms with E-state index in [-0.39, 0.29) is 35.3 Å². The Morgan fingerprint density at radius 3 is 2.51 bits per heavy atom. The highest BCUT2D eigenvalue weighted by Gasteiger charge is 2.40. The zero-order chi connectivity index (χ0) is 44.5. The van der Waals surface area contributed by atoms with Crippen molar-refractivity contribution in [2.45, 2.75) is 82.3 Å². The monoisotopic (exact) mass is 884 g/mol. The number of urea groups is 1. The third-order valence-corrected chi connectivity index (χ3v) is 13.0. The average molecular weight is 885 g/mol. The lowest BCUT2D eigenvalue weighted by atomic mass is 9.79. The van der Waals surface area contributed by atoms with Crippen LogP contribution in [0.2, 0.25) is 0 Å². The number of amides is 3. The minimum atomic E-state index is -0.648. The second-order valence-corrected chi connectivity index (χ2v) is 17.2. The van der Waals surface area contributed by atoms with Gasteiger partial charge in [0.25, 0.3) is 0 Å². The van der Waals surface area contributed by atoms with Gasteiger partial charge in [0.1, 0.15) is 23.2 Å². The number of ether oxygens (including phenoxy) is 2. The first-order valence-corrected chi connectivity index (χ1v) is 22.3. The number of hydrogen-bond acceptors (Lipinski definition) is 13. The van der Waals surface area contributed by atoms with Crippen LogP contribution in [-0.2, 0) is 16.6 Å². The molecule has 8 rings (SSSR count). The van der Waals surface area contributed by atoms with Gasteiger partial charge >= 0.3 is 6.03 Å². The van der Waals surface area contributed by atoms with Crippen LogP contribution < -0.4 is 19.7 Å². The summed E-state index contributed by atoms with van der Waals surface area (Å²) in [6.45, 7) is 5.89. The number of likely N-dealkylation sites (N-methyl/N-ethyl adjacent to an activating group) is 1. The summed E-state index contributed by atoms with van der Waals surface area (Å²) in [5.74, 6) is -0.159. The van der Waals surface area contributed by atoms with Crippen molar-refractivity contribution < 1.29 is 33.0 Å². The maximum Gasteiger partial charge on any atom is 0.329 e. The van der Waals surface area contributed by atoms with Gasteiger partial charge in [-0.3, -0.25) is 29.7 Å². The van der Waals surface area contributed by atoms with E-state index in [1.54, 1.807) is 46.6 Å². The Balaban J connectivity index is 0.000000197. The smallest absolute Gasteiger partial charge is 0.329 e. The molecule has 334 valence electrons. The third kappa shape index (κ3) is 10.5. The SMILES string of the molecule is CCCN(C(=O)NC=O)c1nn(C)c2cc(C3CCC(N4CCC5(CCCO5)CC4)CC3)c(F)cc12.CN(CCO)SNc1ccc(F)c(Oc2ccc3nccnc3c2)c1C#N. The molecule has 3 aromatic carbocycles. The van der Waals surface area contributed by atoms with Gasteiger partial charge in [0.15, 0.2) is 17.4 Å². The summed E-state index contributed by atoms with van der Waals surface area (Å²) in [7, 11) is 3.58. The van der Waals surface area contributed by atoms with E-state index in [1.165, 1.54) is 48.1 Å². The van der Waals surface area contributed by atoms with Gasteiger partial charge in [-0.1, -0.05) is 6.92 Å². The molecule has 2 aliphatic heterocycles. The molecule has 3 aliphatic rings. The Hall–Kier alpha value is -5.45. The summed E-state index contributed by atoms with van der Waals surface area (Å²) in [6, 6.07) is 13.1. The number of hydrogen-bond donors (Lipinski definition) is 3. The molecule has 2 aromatic heterocycles. The standard InChI is InChI=1S/C27H38FN5O3.C18H16FN5O2S/c1-3-12-33(26(35)29-18-34)25-22-16-23(28)21(17-24(22)31(2)30-25)19-5-7-20(8-6-19)32-13-10-27(11-14-32)9-4-15-36-27;1-24(8-9-25)27-23-15-5-3-14(19)18(13(15)11-20)26-12-2-4-16-17(10-12)22-7-6-21-16/h16-20H,3-15H2,1-2H3,(H,29,34,35);2-7,10,23,25H,8-9H2,1H3. The summed E-state index contributed by atoms with van der Waals surface area (Å²) in [5.41, 5.74) is 3.42. The van der Waals surface area contributed by atoms with Crippen molar-refractivity contribution in [1.82, 2.24) is 34.3 Å².